The molecule has 0 aliphatic carbocycles. The standard InChI is InChI=1S/C28H21N5O3S2/c1-17-22(32-15-9-8-14-20(32)29-17)24(34)21-23(19-12-6-3-7-13-19)33(26(36)25(21)35)27-30-31-28(38-27)37-16-18-10-4-2-5-11-18/h2-15,23,34H,16H2,1H3. The van der Waals surface area contributed by atoms with Gasteiger partial charge in [-0.05, 0) is 30.2 Å². The Morgan fingerprint density at radius 1 is 0.974 bits per heavy atom. The molecule has 4 heterocycles. The molecular formula is C28H21N5O3S2. The number of hydrogen-bond acceptors (Lipinski definition) is 8. The van der Waals surface area contributed by atoms with Crippen LogP contribution in [0.15, 0.2) is 95.0 Å². The molecule has 5 aromatic rings. The molecule has 1 aliphatic heterocycles. The van der Waals surface area contributed by atoms with E-state index in [1.807, 2.05) is 78.9 Å². The SMILES string of the molecule is Cc1nc2ccccn2c1C(O)=C1C(=O)C(=O)N(c2nnc(SCc3ccccc3)s2)C1c1ccccc1. The average molecular weight is 540 g/mol. The monoisotopic (exact) mass is 539 g/mol. The van der Waals surface area contributed by atoms with Crippen LogP contribution in [0.25, 0.3) is 11.4 Å². The van der Waals surface area contributed by atoms with Crippen molar-refractivity contribution in [1.82, 2.24) is 19.6 Å². The molecule has 188 valence electrons. The van der Waals surface area contributed by atoms with Crippen molar-refractivity contribution in [2.75, 3.05) is 4.90 Å². The van der Waals surface area contributed by atoms with Gasteiger partial charge in [0.1, 0.15) is 11.3 Å². The summed E-state index contributed by atoms with van der Waals surface area (Å²) in [6.45, 7) is 1.76. The molecule has 0 radical (unpaired) electrons. The fourth-order valence-corrected chi connectivity index (χ4v) is 6.41. The number of rotatable bonds is 6. The van der Waals surface area contributed by atoms with Crippen molar-refractivity contribution in [1.29, 1.82) is 0 Å². The molecule has 38 heavy (non-hydrogen) atoms. The van der Waals surface area contributed by atoms with Gasteiger partial charge in [-0.25, -0.2) is 4.98 Å². The van der Waals surface area contributed by atoms with E-state index in [0.29, 0.717) is 37.8 Å². The van der Waals surface area contributed by atoms with Crippen LogP contribution in [-0.4, -0.2) is 36.4 Å². The second kappa shape index (κ2) is 9.88. The number of pyridine rings is 1. The van der Waals surface area contributed by atoms with Crippen molar-refractivity contribution < 1.29 is 14.7 Å². The molecule has 0 bridgehead atoms. The molecule has 1 atom stereocenters. The van der Waals surface area contributed by atoms with Crippen molar-refractivity contribution >= 4 is 51.3 Å². The minimum Gasteiger partial charge on any atom is -0.505 e. The van der Waals surface area contributed by atoms with Crippen molar-refractivity contribution in [2.45, 2.75) is 23.1 Å². The van der Waals surface area contributed by atoms with Gasteiger partial charge in [0, 0.05) is 11.9 Å². The first-order chi connectivity index (χ1) is 18.5. The number of aliphatic hydroxyl groups excluding tert-OH is 1. The summed E-state index contributed by atoms with van der Waals surface area (Å²) in [4.78, 5) is 32.8. The topological polar surface area (TPSA) is 101 Å². The maximum atomic E-state index is 13.5. The highest BCUT2D eigenvalue weighted by Gasteiger charge is 2.48. The third-order valence-electron chi connectivity index (χ3n) is 6.30. The molecule has 8 nitrogen and oxygen atoms in total. The van der Waals surface area contributed by atoms with Gasteiger partial charge in [-0.15, -0.1) is 10.2 Å². The second-order valence-corrected chi connectivity index (χ2v) is 10.9. The fourth-order valence-electron chi connectivity index (χ4n) is 4.58. The Morgan fingerprint density at radius 2 is 1.68 bits per heavy atom. The molecule has 1 unspecified atom stereocenters. The zero-order valence-electron chi connectivity index (χ0n) is 20.2. The maximum Gasteiger partial charge on any atom is 0.301 e. The zero-order valence-corrected chi connectivity index (χ0v) is 21.8. The number of Topliss-reactive ketones (excluding diaryl/α,β-unsaturated/α-hetero) is 1. The number of aromatic nitrogens is 4. The number of aliphatic hydroxyl groups is 1. The summed E-state index contributed by atoms with van der Waals surface area (Å²) < 4.78 is 2.39. The van der Waals surface area contributed by atoms with E-state index in [1.165, 1.54) is 28.0 Å². The van der Waals surface area contributed by atoms with E-state index in [4.69, 9.17) is 0 Å². The highest BCUT2D eigenvalue weighted by Crippen LogP contribution is 2.44. The molecule has 3 aromatic heterocycles. The minimum atomic E-state index is -0.871. The van der Waals surface area contributed by atoms with Crippen LogP contribution >= 0.6 is 23.1 Å². The average Bonchev–Trinajstić information content (AvgIpc) is 3.62. The van der Waals surface area contributed by atoms with Crippen LogP contribution in [0.4, 0.5) is 5.13 Å². The Morgan fingerprint density at radius 3 is 2.45 bits per heavy atom. The highest BCUT2D eigenvalue weighted by atomic mass is 32.2. The number of benzene rings is 2. The number of nitrogens with zero attached hydrogens (tertiary/aromatic N) is 5. The number of carbonyl (C=O) groups is 2. The van der Waals surface area contributed by atoms with Crippen molar-refractivity contribution in [2.24, 2.45) is 0 Å². The maximum absolute atomic E-state index is 13.5. The molecule has 1 amide bonds. The lowest BCUT2D eigenvalue weighted by atomic mass is 9.96. The minimum absolute atomic E-state index is 0.0105. The highest BCUT2D eigenvalue weighted by molar-refractivity contribution is 8.00. The van der Waals surface area contributed by atoms with Gasteiger partial charge < -0.3 is 5.11 Å². The van der Waals surface area contributed by atoms with E-state index in [2.05, 4.69) is 15.2 Å². The van der Waals surface area contributed by atoms with Gasteiger partial charge >= 0.3 is 5.91 Å². The summed E-state index contributed by atoms with van der Waals surface area (Å²) >= 11 is 2.75. The number of fused-ring (bicyclic) bond motifs is 1. The number of thioether (sulfide) groups is 1. The van der Waals surface area contributed by atoms with Crippen LogP contribution in [0.3, 0.4) is 0 Å². The van der Waals surface area contributed by atoms with Crippen LogP contribution in [0, 0.1) is 6.92 Å². The Balaban J connectivity index is 1.44. The third-order valence-corrected chi connectivity index (χ3v) is 8.42. The smallest absolute Gasteiger partial charge is 0.301 e. The fraction of sp³-hybridized carbons (Fsp3) is 0.107. The van der Waals surface area contributed by atoms with Crippen LogP contribution in [0.5, 0.6) is 0 Å². The van der Waals surface area contributed by atoms with E-state index in [1.54, 1.807) is 17.5 Å². The molecule has 2 aromatic carbocycles. The third kappa shape index (κ3) is 4.17. The molecule has 1 aliphatic rings. The Bertz CT molecular complexity index is 1700. The molecule has 10 heteroatoms. The summed E-state index contributed by atoms with van der Waals surface area (Å²) in [5, 5.41) is 20.4. The lowest BCUT2D eigenvalue weighted by Crippen LogP contribution is -2.29. The van der Waals surface area contributed by atoms with Gasteiger partial charge in [-0.2, -0.15) is 0 Å². The predicted octanol–water partition coefficient (Wildman–Crippen LogP) is 5.41. The molecule has 0 spiro atoms. The van der Waals surface area contributed by atoms with Gasteiger partial charge in [0.15, 0.2) is 10.1 Å². The summed E-state index contributed by atoms with van der Waals surface area (Å²) in [5.41, 5.74) is 3.35. The molecule has 1 fully saturated rings. The predicted molar refractivity (Wildman–Crippen MR) is 147 cm³/mol. The molecule has 1 N–H and O–H groups in total. The van der Waals surface area contributed by atoms with E-state index in [-0.39, 0.29) is 11.3 Å². The lowest BCUT2D eigenvalue weighted by Gasteiger charge is -2.22. The quantitative estimate of drug-likeness (QED) is 0.101. The van der Waals surface area contributed by atoms with E-state index >= 15 is 0 Å². The Hall–Kier alpha value is -4.28. The number of hydrogen-bond donors (Lipinski definition) is 1. The summed E-state index contributed by atoms with van der Waals surface area (Å²) in [5.74, 6) is -1.12. The van der Waals surface area contributed by atoms with Crippen LogP contribution in [-0.2, 0) is 15.3 Å². The van der Waals surface area contributed by atoms with Crippen LogP contribution < -0.4 is 4.90 Å². The normalized spacial score (nSPS) is 17.0. The number of carbonyl (C=O) groups excluding carboxylic acids is 2. The van der Waals surface area contributed by atoms with Gasteiger partial charge in [-0.1, -0.05) is 89.8 Å². The number of aryl methyl sites for hydroxylation is 1. The Kier molecular flexibility index (Phi) is 6.26. The van der Waals surface area contributed by atoms with Crippen molar-refractivity contribution in [3.05, 3.63) is 113 Å². The molecule has 0 saturated carbocycles. The van der Waals surface area contributed by atoms with Gasteiger partial charge in [0.2, 0.25) is 5.13 Å². The van der Waals surface area contributed by atoms with Gasteiger partial charge in [-0.3, -0.25) is 18.9 Å². The van der Waals surface area contributed by atoms with E-state index < -0.39 is 17.7 Å². The number of ketones is 1. The van der Waals surface area contributed by atoms with Crippen LogP contribution in [0.2, 0.25) is 0 Å². The van der Waals surface area contributed by atoms with Crippen LogP contribution in [0.1, 0.15) is 28.6 Å². The second-order valence-electron chi connectivity index (χ2n) is 8.68. The van der Waals surface area contributed by atoms with Gasteiger partial charge in [0.05, 0.1) is 17.3 Å². The largest absolute Gasteiger partial charge is 0.505 e. The zero-order chi connectivity index (χ0) is 26.2. The lowest BCUT2D eigenvalue weighted by molar-refractivity contribution is -0.132. The molecule has 6 rings (SSSR count). The number of amides is 1. The summed E-state index contributed by atoms with van der Waals surface area (Å²) in [6.07, 6.45) is 1.76. The summed E-state index contributed by atoms with van der Waals surface area (Å²) in [7, 11) is 0. The first-order valence-corrected chi connectivity index (χ1v) is 13.6. The molecule has 1 saturated heterocycles. The van der Waals surface area contributed by atoms with E-state index in [9.17, 15) is 14.7 Å². The van der Waals surface area contributed by atoms with Crippen molar-refractivity contribution in [3.63, 3.8) is 0 Å². The Labute approximate surface area is 226 Å². The summed E-state index contributed by atoms with van der Waals surface area (Å²) in [6, 6.07) is 23.7. The van der Waals surface area contributed by atoms with Crippen molar-refractivity contribution in [3.8, 4) is 0 Å². The van der Waals surface area contributed by atoms with E-state index in [0.717, 1.165) is 5.56 Å². The molecular weight excluding hydrogens is 518 g/mol. The number of imidazole rings is 1. The first kappa shape index (κ1) is 24.1. The van der Waals surface area contributed by atoms with Gasteiger partial charge in [0.25, 0.3) is 5.78 Å². The number of anilines is 1. The first-order valence-electron chi connectivity index (χ1n) is 11.8.